The van der Waals surface area contributed by atoms with Gasteiger partial charge in [0.2, 0.25) is 5.91 Å². The van der Waals surface area contributed by atoms with Gasteiger partial charge in [0.05, 0.1) is 10.8 Å². The average molecular weight is 313 g/mol. The number of benzene rings is 1. The van der Waals surface area contributed by atoms with Crippen molar-refractivity contribution in [3.63, 3.8) is 0 Å². The molecule has 0 aliphatic carbocycles. The number of rotatable bonds is 3. The van der Waals surface area contributed by atoms with Crippen molar-refractivity contribution >= 4 is 22.9 Å². The van der Waals surface area contributed by atoms with E-state index in [1.165, 1.54) is 11.3 Å². The molecule has 2 heterocycles. The van der Waals surface area contributed by atoms with Gasteiger partial charge in [0.1, 0.15) is 11.0 Å². The molecule has 1 aliphatic heterocycles. The smallest absolute Gasteiger partial charge is 0.223 e. The summed E-state index contributed by atoms with van der Waals surface area (Å²) in [5, 5.41) is 9.97. The second-order valence-electron chi connectivity index (χ2n) is 5.19. The van der Waals surface area contributed by atoms with Crippen molar-refractivity contribution in [2.75, 3.05) is 12.3 Å². The number of primary amides is 1. The summed E-state index contributed by atoms with van der Waals surface area (Å²) >= 11 is 1.45. The number of amides is 1. The molecule has 112 valence electrons. The predicted molar refractivity (Wildman–Crippen MR) is 84.3 cm³/mol. The molecule has 0 spiro atoms. The third-order valence-corrected chi connectivity index (χ3v) is 5.00. The molecule has 0 bridgehead atoms. The molecular weight excluding hydrogens is 298 g/mol. The van der Waals surface area contributed by atoms with E-state index >= 15 is 0 Å². The number of likely N-dealkylation sites (tertiary alicyclic amines) is 1. The molecule has 22 heavy (non-hydrogen) atoms. The van der Waals surface area contributed by atoms with Crippen molar-refractivity contribution < 1.29 is 4.79 Å². The third-order valence-electron chi connectivity index (χ3n) is 3.89. The number of nitrogens with zero attached hydrogens (tertiary/aromatic N) is 3. The molecule has 1 aromatic heterocycles. The van der Waals surface area contributed by atoms with Crippen LogP contribution in [0.2, 0.25) is 0 Å². The lowest BCUT2D eigenvalue weighted by atomic mass is 10.0. The summed E-state index contributed by atoms with van der Waals surface area (Å²) in [5.41, 5.74) is 13.0. The van der Waals surface area contributed by atoms with Crippen LogP contribution >= 0.6 is 11.3 Å². The Bertz CT molecular complexity index is 750. The number of carbonyl (C=O) groups is 1. The molecule has 1 aliphatic rings. The first-order valence-electron chi connectivity index (χ1n) is 6.88. The number of hydrogen-bond donors (Lipinski definition) is 2. The lowest BCUT2D eigenvalue weighted by Gasteiger charge is -2.19. The van der Waals surface area contributed by atoms with Gasteiger partial charge in [0.25, 0.3) is 0 Å². The zero-order chi connectivity index (χ0) is 15.7. The van der Waals surface area contributed by atoms with Crippen LogP contribution in [0.25, 0.3) is 10.4 Å². The molecule has 1 aromatic carbocycles. The molecule has 0 saturated carbocycles. The van der Waals surface area contributed by atoms with Gasteiger partial charge in [-0.3, -0.25) is 9.69 Å². The highest BCUT2D eigenvalue weighted by Crippen LogP contribution is 2.41. The van der Waals surface area contributed by atoms with E-state index in [1.54, 1.807) is 11.1 Å². The molecule has 3 rings (SSSR count). The molecule has 7 heteroatoms. The van der Waals surface area contributed by atoms with E-state index in [-0.39, 0.29) is 12.0 Å². The van der Waals surface area contributed by atoms with Gasteiger partial charge in [-0.1, -0.05) is 18.2 Å². The first kappa shape index (κ1) is 14.4. The van der Waals surface area contributed by atoms with Gasteiger partial charge in [0, 0.05) is 24.0 Å². The third kappa shape index (κ3) is 2.38. The van der Waals surface area contributed by atoms with Crippen molar-refractivity contribution in [1.29, 1.82) is 5.26 Å². The van der Waals surface area contributed by atoms with Crippen LogP contribution in [0.1, 0.15) is 17.5 Å². The molecule has 2 atom stereocenters. The quantitative estimate of drug-likeness (QED) is 0.662. The van der Waals surface area contributed by atoms with Crippen LogP contribution in [-0.4, -0.2) is 22.3 Å². The van der Waals surface area contributed by atoms with Gasteiger partial charge in [-0.2, -0.15) is 5.26 Å². The van der Waals surface area contributed by atoms with E-state index < -0.39 is 5.91 Å². The Morgan fingerprint density at radius 1 is 1.45 bits per heavy atom. The van der Waals surface area contributed by atoms with Gasteiger partial charge in [-0.05, 0) is 12.5 Å². The topological polar surface area (TPSA) is 109 Å². The number of anilines is 1. The van der Waals surface area contributed by atoms with Crippen molar-refractivity contribution in [3.05, 3.63) is 35.5 Å². The number of para-hydroxylation sites is 1. The van der Waals surface area contributed by atoms with Crippen LogP contribution < -0.4 is 11.5 Å². The molecule has 0 radical (unpaired) electrons. The van der Waals surface area contributed by atoms with Gasteiger partial charge in [-0.25, -0.2) is 4.98 Å². The average Bonchev–Trinajstić information content (AvgIpc) is 3.13. The summed E-state index contributed by atoms with van der Waals surface area (Å²) in [5.74, 6) is -0.773. The molecule has 1 amide bonds. The molecule has 4 N–H and O–H groups in total. The first-order valence-corrected chi connectivity index (χ1v) is 7.69. The second-order valence-corrected chi connectivity index (χ2v) is 6.25. The summed E-state index contributed by atoms with van der Waals surface area (Å²) in [6.07, 6.45) is 4.44. The van der Waals surface area contributed by atoms with Crippen molar-refractivity contribution in [1.82, 2.24) is 9.88 Å². The lowest BCUT2D eigenvalue weighted by Crippen LogP contribution is -2.29. The maximum absolute atomic E-state index is 11.6. The zero-order valence-corrected chi connectivity index (χ0v) is 12.6. The van der Waals surface area contributed by atoms with Crippen LogP contribution in [0, 0.1) is 17.4 Å². The van der Waals surface area contributed by atoms with Crippen molar-refractivity contribution in [3.8, 4) is 16.6 Å². The maximum Gasteiger partial charge on any atom is 0.223 e. The number of nitrogen functional groups attached to an aromatic ring is 1. The van der Waals surface area contributed by atoms with E-state index in [9.17, 15) is 10.1 Å². The molecule has 6 nitrogen and oxygen atoms in total. The molecular formula is C15H15N5OS. The van der Waals surface area contributed by atoms with E-state index in [2.05, 4.69) is 11.2 Å². The number of carbonyl (C=O) groups excluding carboxylic acids is 1. The fraction of sp³-hybridized carbons (Fsp3) is 0.267. The van der Waals surface area contributed by atoms with Gasteiger partial charge in [-0.15, -0.1) is 11.3 Å². The monoisotopic (exact) mass is 313 g/mol. The number of nitrogens with two attached hydrogens (primary N) is 2. The normalized spacial score (nSPS) is 20.8. The number of hydrogen-bond acceptors (Lipinski definition) is 6. The molecule has 1 fully saturated rings. The zero-order valence-electron chi connectivity index (χ0n) is 11.8. The minimum Gasteiger partial charge on any atom is -0.398 e. The summed E-state index contributed by atoms with van der Waals surface area (Å²) in [6, 6.07) is 7.17. The van der Waals surface area contributed by atoms with Crippen LogP contribution in [0.3, 0.4) is 0 Å². The Morgan fingerprint density at radius 2 is 2.23 bits per heavy atom. The number of nitriles is 1. The van der Waals surface area contributed by atoms with E-state index in [0.29, 0.717) is 18.7 Å². The van der Waals surface area contributed by atoms with Crippen LogP contribution in [-0.2, 0) is 4.79 Å². The largest absolute Gasteiger partial charge is 0.398 e. The highest BCUT2D eigenvalue weighted by molar-refractivity contribution is 7.15. The van der Waals surface area contributed by atoms with Crippen molar-refractivity contribution in [2.45, 2.75) is 12.5 Å². The molecule has 2 unspecified atom stereocenters. The maximum atomic E-state index is 11.6. The van der Waals surface area contributed by atoms with Crippen LogP contribution in [0.4, 0.5) is 5.69 Å². The fourth-order valence-electron chi connectivity index (χ4n) is 2.78. The first-order chi connectivity index (χ1) is 10.6. The Labute approximate surface area is 132 Å². The Hall–Kier alpha value is -2.59. The number of thiazole rings is 1. The fourth-order valence-corrected chi connectivity index (χ4v) is 3.92. The Kier molecular flexibility index (Phi) is 3.69. The predicted octanol–water partition coefficient (Wildman–Crippen LogP) is 1.72. The SMILES string of the molecule is N#CN1CCC(C(N)=O)C1c1ncc(-c2ccccc2N)s1. The second kappa shape index (κ2) is 5.66. The summed E-state index contributed by atoms with van der Waals surface area (Å²) in [6.45, 7) is 0.525. The highest BCUT2D eigenvalue weighted by atomic mass is 32.1. The van der Waals surface area contributed by atoms with Crippen molar-refractivity contribution in [2.24, 2.45) is 11.7 Å². The van der Waals surface area contributed by atoms with Gasteiger partial charge < -0.3 is 11.5 Å². The van der Waals surface area contributed by atoms with Gasteiger partial charge in [0.15, 0.2) is 6.19 Å². The van der Waals surface area contributed by atoms with Gasteiger partial charge >= 0.3 is 0 Å². The molecule has 2 aromatic rings. The van der Waals surface area contributed by atoms with E-state index in [0.717, 1.165) is 15.4 Å². The Balaban J connectivity index is 1.97. The Morgan fingerprint density at radius 3 is 2.91 bits per heavy atom. The number of aromatic nitrogens is 1. The standard InChI is InChI=1S/C15H15N5OS/c16-8-20-6-5-10(14(18)21)13(20)15-19-7-12(22-15)9-3-1-2-4-11(9)17/h1-4,7,10,13H,5-6,17H2,(H2,18,21). The van der Waals surface area contributed by atoms with E-state index in [1.807, 2.05) is 24.3 Å². The highest BCUT2D eigenvalue weighted by Gasteiger charge is 2.40. The van der Waals surface area contributed by atoms with Crippen LogP contribution in [0.15, 0.2) is 30.5 Å². The minimum atomic E-state index is -0.390. The lowest BCUT2D eigenvalue weighted by molar-refractivity contribution is -0.122. The summed E-state index contributed by atoms with van der Waals surface area (Å²) in [7, 11) is 0. The van der Waals surface area contributed by atoms with E-state index in [4.69, 9.17) is 11.5 Å². The summed E-state index contributed by atoms with van der Waals surface area (Å²) in [4.78, 5) is 18.5. The summed E-state index contributed by atoms with van der Waals surface area (Å²) < 4.78 is 0. The van der Waals surface area contributed by atoms with Crippen LogP contribution in [0.5, 0.6) is 0 Å². The molecule has 1 saturated heterocycles. The minimum absolute atomic E-state index is 0.369.